The van der Waals surface area contributed by atoms with Crippen molar-refractivity contribution in [2.24, 2.45) is 17.6 Å². The topological polar surface area (TPSA) is 26.0 Å². The van der Waals surface area contributed by atoms with Gasteiger partial charge in [-0.3, -0.25) is 0 Å². The predicted molar refractivity (Wildman–Crippen MR) is 76.3 cm³/mol. The van der Waals surface area contributed by atoms with Crippen LogP contribution in [0, 0.1) is 32.6 Å². The van der Waals surface area contributed by atoms with Gasteiger partial charge < -0.3 is 5.73 Å². The highest BCUT2D eigenvalue weighted by Crippen LogP contribution is 2.22. The van der Waals surface area contributed by atoms with E-state index in [0.717, 1.165) is 6.42 Å². The van der Waals surface area contributed by atoms with E-state index < -0.39 is 0 Å². The lowest BCUT2D eigenvalue weighted by Crippen LogP contribution is -2.34. The molecule has 0 saturated heterocycles. The first-order valence-electron chi connectivity index (χ1n) is 6.65. The summed E-state index contributed by atoms with van der Waals surface area (Å²) in [5.74, 6) is 1.21. The van der Waals surface area contributed by atoms with Crippen LogP contribution < -0.4 is 5.73 Å². The van der Waals surface area contributed by atoms with Crippen LogP contribution in [-0.2, 0) is 6.42 Å². The normalized spacial score (nSPS) is 15.1. The Morgan fingerprint density at radius 3 is 1.88 bits per heavy atom. The molecule has 1 heteroatoms. The van der Waals surface area contributed by atoms with E-state index >= 15 is 0 Å². The van der Waals surface area contributed by atoms with Gasteiger partial charge in [0.2, 0.25) is 0 Å². The quantitative estimate of drug-likeness (QED) is 0.841. The molecule has 96 valence electrons. The molecule has 1 nitrogen and oxygen atoms in total. The van der Waals surface area contributed by atoms with E-state index in [9.17, 15) is 0 Å². The molecule has 1 aromatic carbocycles. The lowest BCUT2D eigenvalue weighted by Gasteiger charge is -2.25. The third-order valence-corrected chi connectivity index (χ3v) is 4.01. The molecule has 0 aliphatic heterocycles. The largest absolute Gasteiger partial charge is 0.327 e. The summed E-state index contributed by atoms with van der Waals surface area (Å²) in [6.07, 6.45) is 0.997. The molecule has 2 unspecified atom stereocenters. The molecule has 0 heterocycles. The van der Waals surface area contributed by atoms with Gasteiger partial charge in [-0.2, -0.15) is 0 Å². The van der Waals surface area contributed by atoms with Gasteiger partial charge in [-0.05, 0) is 55.7 Å². The minimum absolute atomic E-state index is 0.259. The molecule has 0 fully saturated rings. The smallest absolute Gasteiger partial charge is 0.0108 e. The maximum Gasteiger partial charge on any atom is 0.0108 e. The number of hydrogen-bond acceptors (Lipinski definition) is 1. The second kappa shape index (κ2) is 5.68. The second-order valence-corrected chi connectivity index (χ2v) is 5.85. The van der Waals surface area contributed by atoms with E-state index in [1.807, 2.05) is 0 Å². The lowest BCUT2D eigenvalue weighted by atomic mass is 9.85. The van der Waals surface area contributed by atoms with Crippen molar-refractivity contribution in [1.29, 1.82) is 0 Å². The van der Waals surface area contributed by atoms with Crippen molar-refractivity contribution in [2.75, 3.05) is 0 Å². The Hall–Kier alpha value is -0.820. The highest BCUT2D eigenvalue weighted by molar-refractivity contribution is 5.38. The molecule has 1 rings (SSSR count). The molecule has 0 amide bonds. The zero-order valence-electron chi connectivity index (χ0n) is 12.2. The average molecular weight is 233 g/mol. The molecule has 2 atom stereocenters. The minimum Gasteiger partial charge on any atom is -0.327 e. The SMILES string of the molecule is Cc1cc(C)c(CC(N)C(C)C(C)C)c(C)c1. The van der Waals surface area contributed by atoms with Crippen LogP contribution >= 0.6 is 0 Å². The third-order valence-electron chi connectivity index (χ3n) is 4.01. The first-order valence-corrected chi connectivity index (χ1v) is 6.65. The molecule has 1 aromatic rings. The zero-order chi connectivity index (χ0) is 13.2. The molecule has 0 aliphatic rings. The zero-order valence-corrected chi connectivity index (χ0v) is 12.2. The minimum atomic E-state index is 0.259. The summed E-state index contributed by atoms with van der Waals surface area (Å²) in [5, 5.41) is 0. The Kier molecular flexibility index (Phi) is 4.76. The summed E-state index contributed by atoms with van der Waals surface area (Å²) >= 11 is 0. The van der Waals surface area contributed by atoms with Crippen LogP contribution in [0.15, 0.2) is 12.1 Å². The van der Waals surface area contributed by atoms with E-state index in [0.29, 0.717) is 11.8 Å². The maximum atomic E-state index is 6.33. The first-order chi connectivity index (χ1) is 7.82. The molecule has 0 aliphatic carbocycles. The average Bonchev–Trinajstić information content (AvgIpc) is 2.21. The number of benzene rings is 1. The van der Waals surface area contributed by atoms with Crippen LogP contribution in [0.3, 0.4) is 0 Å². The van der Waals surface area contributed by atoms with E-state index in [-0.39, 0.29) is 6.04 Å². The number of aryl methyl sites for hydroxylation is 3. The Labute approximate surface area is 106 Å². The van der Waals surface area contributed by atoms with Gasteiger partial charge in [0.05, 0.1) is 0 Å². The van der Waals surface area contributed by atoms with E-state index in [4.69, 9.17) is 5.73 Å². The molecule has 0 bridgehead atoms. The fourth-order valence-corrected chi connectivity index (χ4v) is 2.45. The van der Waals surface area contributed by atoms with Crippen LogP contribution in [0.25, 0.3) is 0 Å². The fourth-order valence-electron chi connectivity index (χ4n) is 2.45. The van der Waals surface area contributed by atoms with Gasteiger partial charge in [-0.1, -0.05) is 38.5 Å². The summed E-state index contributed by atoms with van der Waals surface area (Å²) in [6, 6.07) is 4.78. The highest BCUT2D eigenvalue weighted by atomic mass is 14.6. The van der Waals surface area contributed by atoms with E-state index in [1.165, 1.54) is 22.3 Å². The van der Waals surface area contributed by atoms with Gasteiger partial charge in [0, 0.05) is 6.04 Å². The summed E-state index contributed by atoms with van der Waals surface area (Å²) in [6.45, 7) is 13.3. The van der Waals surface area contributed by atoms with Crippen LogP contribution in [0.4, 0.5) is 0 Å². The molecule has 2 N–H and O–H groups in total. The maximum absolute atomic E-state index is 6.33. The Balaban J connectivity index is 2.89. The Morgan fingerprint density at radius 1 is 1.00 bits per heavy atom. The van der Waals surface area contributed by atoms with Gasteiger partial charge >= 0.3 is 0 Å². The van der Waals surface area contributed by atoms with Crippen LogP contribution in [-0.4, -0.2) is 6.04 Å². The highest BCUT2D eigenvalue weighted by Gasteiger charge is 2.18. The molecule has 17 heavy (non-hydrogen) atoms. The third kappa shape index (κ3) is 3.57. The van der Waals surface area contributed by atoms with E-state index in [2.05, 4.69) is 53.7 Å². The van der Waals surface area contributed by atoms with Gasteiger partial charge in [-0.25, -0.2) is 0 Å². The van der Waals surface area contributed by atoms with Crippen molar-refractivity contribution in [3.63, 3.8) is 0 Å². The summed E-state index contributed by atoms with van der Waals surface area (Å²) in [5.41, 5.74) is 11.9. The Morgan fingerprint density at radius 2 is 1.47 bits per heavy atom. The molecule has 0 radical (unpaired) electrons. The van der Waals surface area contributed by atoms with E-state index in [1.54, 1.807) is 0 Å². The van der Waals surface area contributed by atoms with Gasteiger partial charge in [-0.15, -0.1) is 0 Å². The first kappa shape index (κ1) is 14.2. The number of rotatable bonds is 4. The number of hydrogen-bond donors (Lipinski definition) is 1. The van der Waals surface area contributed by atoms with Crippen LogP contribution in [0.1, 0.15) is 43.0 Å². The lowest BCUT2D eigenvalue weighted by molar-refractivity contribution is 0.344. The monoisotopic (exact) mass is 233 g/mol. The van der Waals surface area contributed by atoms with Gasteiger partial charge in [0.15, 0.2) is 0 Å². The second-order valence-electron chi connectivity index (χ2n) is 5.85. The van der Waals surface area contributed by atoms with Crippen molar-refractivity contribution in [1.82, 2.24) is 0 Å². The van der Waals surface area contributed by atoms with Gasteiger partial charge in [0.1, 0.15) is 0 Å². The van der Waals surface area contributed by atoms with Crippen molar-refractivity contribution in [3.8, 4) is 0 Å². The van der Waals surface area contributed by atoms with Crippen molar-refractivity contribution in [2.45, 2.75) is 54.0 Å². The fraction of sp³-hybridized carbons (Fsp3) is 0.625. The molecule has 0 spiro atoms. The van der Waals surface area contributed by atoms with Crippen molar-refractivity contribution < 1.29 is 0 Å². The molecular formula is C16H27N. The van der Waals surface area contributed by atoms with Crippen LogP contribution in [0.2, 0.25) is 0 Å². The number of nitrogens with two attached hydrogens (primary N) is 1. The predicted octanol–water partition coefficient (Wildman–Crippen LogP) is 3.77. The van der Waals surface area contributed by atoms with Crippen molar-refractivity contribution in [3.05, 3.63) is 34.4 Å². The summed E-state index contributed by atoms with van der Waals surface area (Å²) < 4.78 is 0. The van der Waals surface area contributed by atoms with Crippen molar-refractivity contribution >= 4 is 0 Å². The molecule has 0 aromatic heterocycles. The molecule has 0 saturated carbocycles. The Bertz CT molecular complexity index is 356. The molecular weight excluding hydrogens is 206 g/mol. The standard InChI is InChI=1S/C16H27N/c1-10(2)14(6)16(17)9-15-12(4)7-11(3)8-13(15)5/h7-8,10,14,16H,9,17H2,1-6H3. The summed E-state index contributed by atoms with van der Waals surface area (Å²) in [7, 11) is 0. The summed E-state index contributed by atoms with van der Waals surface area (Å²) in [4.78, 5) is 0. The van der Waals surface area contributed by atoms with Crippen LogP contribution in [0.5, 0.6) is 0 Å². The van der Waals surface area contributed by atoms with Gasteiger partial charge in [0.25, 0.3) is 0 Å².